The first kappa shape index (κ1) is 9.98. The minimum atomic E-state index is -0.289. The molecule has 3 N–H and O–H groups in total. The van der Waals surface area contributed by atoms with Gasteiger partial charge in [-0.05, 0) is 17.7 Å². The van der Waals surface area contributed by atoms with Crippen LogP contribution in [0.4, 0.5) is 0 Å². The van der Waals surface area contributed by atoms with Crippen LogP contribution < -0.4 is 5.69 Å². The van der Waals surface area contributed by atoms with E-state index < -0.39 is 0 Å². The van der Waals surface area contributed by atoms with E-state index in [1.165, 1.54) is 0 Å². The Kier molecular flexibility index (Phi) is 2.16. The third kappa shape index (κ3) is 1.68. The molecule has 0 aliphatic heterocycles. The molecular weight excluding hydrogens is 192 g/mol. The summed E-state index contributed by atoms with van der Waals surface area (Å²) in [7, 11) is 0. The monoisotopic (exact) mass is 206 g/mol. The number of benzene rings is 1. The van der Waals surface area contributed by atoms with Gasteiger partial charge in [0, 0.05) is 5.41 Å². The first-order valence-electron chi connectivity index (χ1n) is 4.86. The summed E-state index contributed by atoms with van der Waals surface area (Å²) >= 11 is 0. The Labute approximate surface area is 87.0 Å². The number of nitrogens with one attached hydrogen (secondary N) is 2. The van der Waals surface area contributed by atoms with Crippen LogP contribution in [0.15, 0.2) is 23.0 Å². The van der Waals surface area contributed by atoms with Crippen LogP contribution in [-0.2, 0) is 5.41 Å². The van der Waals surface area contributed by atoms with E-state index >= 15 is 0 Å². The predicted octanol–water partition coefficient (Wildman–Crippen LogP) is 1.13. The molecule has 0 fully saturated rings. The highest BCUT2D eigenvalue weighted by molar-refractivity contribution is 5.75. The minimum absolute atomic E-state index is 0.0765. The fourth-order valence-corrected chi connectivity index (χ4v) is 1.54. The van der Waals surface area contributed by atoms with Gasteiger partial charge in [-0.15, -0.1) is 0 Å². The van der Waals surface area contributed by atoms with Crippen molar-refractivity contribution in [1.82, 2.24) is 9.97 Å². The summed E-state index contributed by atoms with van der Waals surface area (Å²) in [6.07, 6.45) is 0. The normalized spacial score (nSPS) is 12.2. The van der Waals surface area contributed by atoms with Gasteiger partial charge in [0.1, 0.15) is 0 Å². The van der Waals surface area contributed by atoms with Crippen molar-refractivity contribution in [2.24, 2.45) is 0 Å². The van der Waals surface area contributed by atoms with Crippen molar-refractivity contribution in [3.8, 4) is 0 Å². The third-order valence-electron chi connectivity index (χ3n) is 2.69. The molecule has 0 saturated carbocycles. The molecule has 0 aliphatic carbocycles. The smallest absolute Gasteiger partial charge is 0.323 e. The van der Waals surface area contributed by atoms with Gasteiger partial charge in [0.15, 0.2) is 0 Å². The lowest BCUT2D eigenvalue weighted by Crippen LogP contribution is -2.21. The van der Waals surface area contributed by atoms with Crippen molar-refractivity contribution < 1.29 is 5.11 Å². The van der Waals surface area contributed by atoms with Crippen molar-refractivity contribution in [2.75, 3.05) is 6.61 Å². The van der Waals surface area contributed by atoms with Crippen molar-refractivity contribution in [3.05, 3.63) is 34.2 Å². The Balaban J connectivity index is 2.60. The summed E-state index contributed by atoms with van der Waals surface area (Å²) in [4.78, 5) is 16.4. The van der Waals surface area contributed by atoms with Crippen molar-refractivity contribution in [1.29, 1.82) is 0 Å². The quantitative estimate of drug-likeness (QED) is 0.689. The highest BCUT2D eigenvalue weighted by atomic mass is 16.3. The summed E-state index contributed by atoms with van der Waals surface area (Å²) in [6, 6.07) is 5.66. The van der Waals surface area contributed by atoms with Crippen LogP contribution in [-0.4, -0.2) is 21.7 Å². The molecule has 0 bridgehead atoms. The average molecular weight is 206 g/mol. The number of aliphatic hydroxyl groups is 1. The molecule has 0 spiro atoms. The van der Waals surface area contributed by atoms with Crippen molar-refractivity contribution in [2.45, 2.75) is 19.3 Å². The number of fused-ring (bicyclic) bond motifs is 1. The lowest BCUT2D eigenvalue weighted by Gasteiger charge is -2.21. The van der Waals surface area contributed by atoms with E-state index in [2.05, 4.69) is 9.97 Å². The van der Waals surface area contributed by atoms with E-state index in [4.69, 9.17) is 0 Å². The van der Waals surface area contributed by atoms with E-state index in [9.17, 15) is 9.90 Å². The molecule has 1 heterocycles. The molecule has 0 amide bonds. The molecule has 1 aromatic carbocycles. The summed E-state index contributed by atoms with van der Waals surface area (Å²) < 4.78 is 0. The second-order valence-corrected chi connectivity index (χ2v) is 4.38. The van der Waals surface area contributed by atoms with Crippen LogP contribution in [0.25, 0.3) is 11.0 Å². The molecule has 2 rings (SSSR count). The highest BCUT2D eigenvalue weighted by Gasteiger charge is 2.19. The van der Waals surface area contributed by atoms with Crippen molar-refractivity contribution >= 4 is 11.0 Å². The molecule has 0 aliphatic rings. The number of H-pyrrole nitrogens is 2. The van der Waals surface area contributed by atoms with Gasteiger partial charge < -0.3 is 15.1 Å². The first-order valence-corrected chi connectivity index (χ1v) is 4.86. The Hall–Kier alpha value is -1.55. The zero-order valence-electron chi connectivity index (χ0n) is 8.79. The lowest BCUT2D eigenvalue weighted by atomic mass is 9.85. The van der Waals surface area contributed by atoms with E-state index in [1.807, 2.05) is 32.0 Å². The number of hydrogen-bond acceptors (Lipinski definition) is 2. The first-order chi connectivity index (χ1) is 7.03. The minimum Gasteiger partial charge on any atom is -0.395 e. The maximum atomic E-state index is 11.1. The van der Waals surface area contributed by atoms with Gasteiger partial charge in [0.05, 0.1) is 17.6 Å². The number of aromatic amines is 2. The highest BCUT2D eigenvalue weighted by Crippen LogP contribution is 2.24. The van der Waals surface area contributed by atoms with Crippen LogP contribution in [0.5, 0.6) is 0 Å². The fraction of sp³-hybridized carbons (Fsp3) is 0.364. The summed E-state index contributed by atoms with van der Waals surface area (Å²) in [5.41, 5.74) is 2.08. The van der Waals surface area contributed by atoms with E-state index in [-0.39, 0.29) is 17.7 Å². The molecule has 80 valence electrons. The molecule has 0 atom stereocenters. The second-order valence-electron chi connectivity index (χ2n) is 4.38. The van der Waals surface area contributed by atoms with Gasteiger partial charge in [0.2, 0.25) is 0 Å². The molecule has 15 heavy (non-hydrogen) atoms. The fourth-order valence-electron chi connectivity index (χ4n) is 1.54. The second kappa shape index (κ2) is 3.24. The van der Waals surface area contributed by atoms with Gasteiger partial charge in [-0.2, -0.15) is 0 Å². The van der Waals surface area contributed by atoms with Crippen molar-refractivity contribution in [3.63, 3.8) is 0 Å². The lowest BCUT2D eigenvalue weighted by molar-refractivity contribution is 0.218. The van der Waals surface area contributed by atoms with E-state index in [0.717, 1.165) is 16.6 Å². The van der Waals surface area contributed by atoms with Crippen LogP contribution in [0.2, 0.25) is 0 Å². The zero-order chi connectivity index (χ0) is 11.1. The van der Waals surface area contributed by atoms with Crippen LogP contribution in [0, 0.1) is 0 Å². The third-order valence-corrected chi connectivity index (χ3v) is 2.69. The van der Waals surface area contributed by atoms with Crippen LogP contribution in [0.3, 0.4) is 0 Å². The van der Waals surface area contributed by atoms with Gasteiger partial charge >= 0.3 is 5.69 Å². The maximum absolute atomic E-state index is 11.1. The van der Waals surface area contributed by atoms with E-state index in [0.29, 0.717) is 0 Å². The molecule has 0 saturated heterocycles. The molecule has 0 unspecified atom stereocenters. The van der Waals surface area contributed by atoms with Gasteiger partial charge in [-0.1, -0.05) is 19.9 Å². The summed E-state index contributed by atoms with van der Waals surface area (Å²) in [5.74, 6) is 0. The topological polar surface area (TPSA) is 68.9 Å². The summed E-state index contributed by atoms with van der Waals surface area (Å²) in [6.45, 7) is 3.99. The summed E-state index contributed by atoms with van der Waals surface area (Å²) in [5, 5.41) is 9.25. The van der Waals surface area contributed by atoms with E-state index in [1.54, 1.807) is 0 Å². The molecule has 1 aromatic heterocycles. The number of aromatic nitrogens is 2. The number of hydrogen-bond donors (Lipinski definition) is 3. The van der Waals surface area contributed by atoms with Gasteiger partial charge in [-0.25, -0.2) is 4.79 Å². The Bertz CT molecular complexity index is 537. The van der Waals surface area contributed by atoms with Gasteiger partial charge in [-0.3, -0.25) is 0 Å². The average Bonchev–Trinajstić information content (AvgIpc) is 2.56. The van der Waals surface area contributed by atoms with Crippen LogP contribution >= 0.6 is 0 Å². The Morgan fingerprint density at radius 1 is 1.27 bits per heavy atom. The molecule has 4 heteroatoms. The number of aliphatic hydroxyl groups excluding tert-OH is 1. The SMILES string of the molecule is CC(C)(CO)c1ccc2[nH]c(=O)[nH]c2c1. The molecule has 4 nitrogen and oxygen atoms in total. The predicted molar refractivity (Wildman–Crippen MR) is 59.0 cm³/mol. The maximum Gasteiger partial charge on any atom is 0.323 e. The van der Waals surface area contributed by atoms with Crippen LogP contribution in [0.1, 0.15) is 19.4 Å². The zero-order valence-corrected chi connectivity index (χ0v) is 8.79. The molecule has 2 aromatic rings. The Morgan fingerprint density at radius 2 is 1.93 bits per heavy atom. The standard InChI is InChI=1S/C11H14N2O2/c1-11(2,6-14)7-3-4-8-9(5-7)13-10(15)12-8/h3-5,14H,6H2,1-2H3,(H2,12,13,15). The number of imidazole rings is 1. The molecule has 0 radical (unpaired) electrons. The largest absolute Gasteiger partial charge is 0.395 e. The van der Waals surface area contributed by atoms with Gasteiger partial charge in [0.25, 0.3) is 0 Å². The number of rotatable bonds is 2. The Morgan fingerprint density at radius 3 is 2.60 bits per heavy atom. The molecular formula is C11H14N2O2.